The molecule has 1 heteroatoms. The van der Waals surface area contributed by atoms with Crippen molar-refractivity contribution in [2.75, 3.05) is 11.9 Å². The molecule has 1 aliphatic rings. The molecule has 2 aromatic carbocycles. The van der Waals surface area contributed by atoms with Crippen molar-refractivity contribution >= 4 is 16.5 Å². The molecule has 100 valence electrons. The lowest BCUT2D eigenvalue weighted by Gasteiger charge is -2.21. The van der Waals surface area contributed by atoms with E-state index in [4.69, 9.17) is 0 Å². The lowest BCUT2D eigenvalue weighted by atomic mass is 9.87. The summed E-state index contributed by atoms with van der Waals surface area (Å²) in [6.45, 7) is 1.11. The summed E-state index contributed by atoms with van der Waals surface area (Å²) in [6.07, 6.45) is 8.54. The van der Waals surface area contributed by atoms with E-state index in [-0.39, 0.29) is 0 Å². The molecule has 19 heavy (non-hydrogen) atoms. The monoisotopic (exact) mass is 253 g/mol. The fourth-order valence-electron chi connectivity index (χ4n) is 3.27. The highest BCUT2D eigenvalue weighted by Gasteiger charge is 2.12. The van der Waals surface area contributed by atoms with Gasteiger partial charge in [-0.25, -0.2) is 0 Å². The van der Waals surface area contributed by atoms with Gasteiger partial charge in [0.15, 0.2) is 0 Å². The molecule has 0 aliphatic heterocycles. The number of hydrogen-bond acceptors (Lipinski definition) is 1. The minimum Gasteiger partial charge on any atom is -0.385 e. The van der Waals surface area contributed by atoms with Crippen LogP contribution in [0.15, 0.2) is 42.5 Å². The van der Waals surface area contributed by atoms with Crippen LogP contribution in [0.5, 0.6) is 0 Å². The van der Waals surface area contributed by atoms with Crippen LogP contribution in [0.3, 0.4) is 0 Å². The highest BCUT2D eigenvalue weighted by Crippen LogP contribution is 2.27. The van der Waals surface area contributed by atoms with Gasteiger partial charge in [-0.15, -0.1) is 0 Å². The summed E-state index contributed by atoms with van der Waals surface area (Å²) in [5, 5.41) is 6.30. The standard InChI is InChI=1S/C18H23N/c1-2-7-15(8-3-1)13-14-19-18-12-6-10-16-9-4-5-11-17(16)18/h4-6,9-12,15,19H,1-3,7-8,13-14H2. The fourth-order valence-corrected chi connectivity index (χ4v) is 3.27. The van der Waals surface area contributed by atoms with Crippen LogP contribution >= 0.6 is 0 Å². The van der Waals surface area contributed by atoms with E-state index >= 15 is 0 Å². The molecule has 0 atom stereocenters. The summed E-state index contributed by atoms with van der Waals surface area (Å²) >= 11 is 0. The number of rotatable bonds is 4. The molecule has 1 fully saturated rings. The van der Waals surface area contributed by atoms with Crippen LogP contribution in [0.1, 0.15) is 38.5 Å². The molecule has 0 spiro atoms. The van der Waals surface area contributed by atoms with E-state index in [1.807, 2.05) is 0 Å². The van der Waals surface area contributed by atoms with Crippen LogP contribution in [0.2, 0.25) is 0 Å². The Labute approximate surface area is 116 Å². The van der Waals surface area contributed by atoms with Crippen molar-refractivity contribution in [2.45, 2.75) is 38.5 Å². The van der Waals surface area contributed by atoms with Gasteiger partial charge in [0.2, 0.25) is 0 Å². The largest absolute Gasteiger partial charge is 0.385 e. The van der Waals surface area contributed by atoms with Gasteiger partial charge in [-0.1, -0.05) is 68.5 Å². The van der Waals surface area contributed by atoms with E-state index in [1.165, 1.54) is 55.0 Å². The molecular weight excluding hydrogens is 230 g/mol. The van der Waals surface area contributed by atoms with Crippen LogP contribution in [-0.2, 0) is 0 Å². The van der Waals surface area contributed by atoms with Gasteiger partial charge in [-0.2, -0.15) is 0 Å². The third-order valence-electron chi connectivity index (χ3n) is 4.38. The zero-order valence-electron chi connectivity index (χ0n) is 11.6. The Hall–Kier alpha value is -1.50. The van der Waals surface area contributed by atoms with Crippen LogP contribution < -0.4 is 5.32 Å². The zero-order chi connectivity index (χ0) is 12.9. The second-order valence-electron chi connectivity index (χ2n) is 5.75. The Bertz CT molecular complexity index is 521. The lowest BCUT2D eigenvalue weighted by Crippen LogP contribution is -2.12. The van der Waals surface area contributed by atoms with Gasteiger partial charge in [0.25, 0.3) is 0 Å². The Morgan fingerprint density at radius 1 is 0.895 bits per heavy atom. The first kappa shape index (κ1) is 12.5. The maximum atomic E-state index is 3.63. The van der Waals surface area contributed by atoms with E-state index in [2.05, 4.69) is 47.8 Å². The minimum atomic E-state index is 0.955. The van der Waals surface area contributed by atoms with Crippen molar-refractivity contribution in [3.05, 3.63) is 42.5 Å². The van der Waals surface area contributed by atoms with E-state index in [1.54, 1.807) is 0 Å². The van der Waals surface area contributed by atoms with Gasteiger partial charge in [0.05, 0.1) is 0 Å². The molecule has 0 saturated heterocycles. The fraction of sp³-hybridized carbons (Fsp3) is 0.444. The third kappa shape index (κ3) is 3.09. The molecule has 0 unspecified atom stereocenters. The molecule has 0 radical (unpaired) electrons. The molecule has 0 bridgehead atoms. The van der Waals surface area contributed by atoms with Gasteiger partial charge < -0.3 is 5.32 Å². The summed E-state index contributed by atoms with van der Waals surface area (Å²) in [4.78, 5) is 0. The van der Waals surface area contributed by atoms with Gasteiger partial charge in [0.1, 0.15) is 0 Å². The highest BCUT2D eigenvalue weighted by molar-refractivity contribution is 5.93. The van der Waals surface area contributed by atoms with Crippen molar-refractivity contribution < 1.29 is 0 Å². The maximum Gasteiger partial charge on any atom is 0.0419 e. The SMILES string of the molecule is c1ccc2c(NCCC3CCCCC3)cccc2c1. The van der Waals surface area contributed by atoms with Crippen LogP contribution in [0, 0.1) is 5.92 Å². The van der Waals surface area contributed by atoms with Gasteiger partial charge >= 0.3 is 0 Å². The first-order chi connectivity index (χ1) is 9.43. The summed E-state index contributed by atoms with van der Waals surface area (Å²) in [7, 11) is 0. The Kier molecular flexibility index (Phi) is 4.02. The Morgan fingerprint density at radius 2 is 1.68 bits per heavy atom. The van der Waals surface area contributed by atoms with Crippen molar-refractivity contribution in [1.82, 2.24) is 0 Å². The van der Waals surface area contributed by atoms with Crippen molar-refractivity contribution in [3.8, 4) is 0 Å². The second-order valence-corrected chi connectivity index (χ2v) is 5.75. The normalized spacial score (nSPS) is 16.6. The predicted octanol–water partition coefficient (Wildman–Crippen LogP) is 5.22. The second kappa shape index (κ2) is 6.10. The number of fused-ring (bicyclic) bond motifs is 1. The molecule has 1 nitrogen and oxygen atoms in total. The Balaban J connectivity index is 1.62. The molecule has 0 amide bonds. The topological polar surface area (TPSA) is 12.0 Å². The average Bonchev–Trinajstić information content (AvgIpc) is 2.49. The van der Waals surface area contributed by atoms with E-state index in [0.717, 1.165) is 12.5 Å². The van der Waals surface area contributed by atoms with Crippen LogP contribution in [-0.4, -0.2) is 6.54 Å². The molecule has 0 heterocycles. The minimum absolute atomic E-state index is 0.955. The van der Waals surface area contributed by atoms with Crippen molar-refractivity contribution in [3.63, 3.8) is 0 Å². The predicted molar refractivity (Wildman–Crippen MR) is 83.6 cm³/mol. The van der Waals surface area contributed by atoms with Crippen molar-refractivity contribution in [1.29, 1.82) is 0 Å². The summed E-state index contributed by atoms with van der Waals surface area (Å²) < 4.78 is 0. The molecule has 1 saturated carbocycles. The molecule has 3 rings (SSSR count). The first-order valence-corrected chi connectivity index (χ1v) is 7.65. The molecule has 1 N–H and O–H groups in total. The quantitative estimate of drug-likeness (QED) is 0.787. The van der Waals surface area contributed by atoms with E-state index in [0.29, 0.717) is 0 Å². The van der Waals surface area contributed by atoms with Crippen molar-refractivity contribution in [2.24, 2.45) is 5.92 Å². The number of hydrogen-bond donors (Lipinski definition) is 1. The van der Waals surface area contributed by atoms with Crippen LogP contribution in [0.4, 0.5) is 5.69 Å². The van der Waals surface area contributed by atoms with E-state index < -0.39 is 0 Å². The smallest absolute Gasteiger partial charge is 0.0419 e. The van der Waals surface area contributed by atoms with Gasteiger partial charge in [-0.05, 0) is 23.8 Å². The summed E-state index contributed by atoms with van der Waals surface area (Å²) in [5.74, 6) is 0.955. The highest BCUT2D eigenvalue weighted by atomic mass is 14.9. The average molecular weight is 253 g/mol. The number of nitrogens with one attached hydrogen (secondary N) is 1. The first-order valence-electron chi connectivity index (χ1n) is 7.65. The molecule has 2 aromatic rings. The lowest BCUT2D eigenvalue weighted by molar-refractivity contribution is 0.345. The summed E-state index contributed by atoms with van der Waals surface area (Å²) in [5.41, 5.74) is 1.29. The molecule has 0 aromatic heterocycles. The maximum absolute atomic E-state index is 3.63. The van der Waals surface area contributed by atoms with Gasteiger partial charge in [-0.3, -0.25) is 0 Å². The van der Waals surface area contributed by atoms with Gasteiger partial charge in [0, 0.05) is 17.6 Å². The molecule has 1 aliphatic carbocycles. The third-order valence-corrected chi connectivity index (χ3v) is 4.38. The number of benzene rings is 2. The van der Waals surface area contributed by atoms with E-state index in [9.17, 15) is 0 Å². The Morgan fingerprint density at radius 3 is 2.58 bits per heavy atom. The van der Waals surface area contributed by atoms with Crippen LogP contribution in [0.25, 0.3) is 10.8 Å². The summed E-state index contributed by atoms with van der Waals surface area (Å²) in [6, 6.07) is 15.1. The molecular formula is C18H23N. The number of anilines is 1. The zero-order valence-corrected chi connectivity index (χ0v) is 11.6.